The first-order chi connectivity index (χ1) is 6.72. The summed E-state index contributed by atoms with van der Waals surface area (Å²) in [6.07, 6.45) is 0.908. The summed E-state index contributed by atoms with van der Waals surface area (Å²) in [5.74, 6) is 0.853. The quantitative estimate of drug-likeness (QED) is 0.878. The first kappa shape index (κ1) is 11.3. The van der Waals surface area contributed by atoms with Crippen molar-refractivity contribution < 1.29 is 4.74 Å². The Bertz CT molecular complexity index is 295. The fourth-order valence-corrected chi connectivity index (χ4v) is 1.20. The van der Waals surface area contributed by atoms with Gasteiger partial charge in [0.1, 0.15) is 12.4 Å². The third kappa shape index (κ3) is 3.94. The summed E-state index contributed by atoms with van der Waals surface area (Å²) in [5, 5.41) is 0. The van der Waals surface area contributed by atoms with Crippen LogP contribution in [0.3, 0.4) is 0 Å². The standard InChI is InChI=1S/C11H14BrNO/c1-9(12)8-14-11-4-2-10(3-5-11)6-7-13/h2-5H,1,6-8,13H2. The SMILES string of the molecule is C=C(Br)COc1ccc(CCN)cc1. The Morgan fingerprint density at radius 1 is 1.36 bits per heavy atom. The van der Waals surface area contributed by atoms with Crippen molar-refractivity contribution >= 4 is 15.9 Å². The lowest BCUT2D eigenvalue weighted by Gasteiger charge is -2.05. The highest BCUT2D eigenvalue weighted by atomic mass is 79.9. The van der Waals surface area contributed by atoms with Gasteiger partial charge in [-0.05, 0) is 30.7 Å². The molecule has 0 fully saturated rings. The molecule has 3 heteroatoms. The van der Waals surface area contributed by atoms with E-state index in [1.165, 1.54) is 5.56 Å². The van der Waals surface area contributed by atoms with Crippen molar-refractivity contribution in [3.05, 3.63) is 40.9 Å². The van der Waals surface area contributed by atoms with Gasteiger partial charge in [0.15, 0.2) is 0 Å². The van der Waals surface area contributed by atoms with E-state index in [1.807, 2.05) is 24.3 Å². The third-order valence-electron chi connectivity index (χ3n) is 1.75. The second-order valence-corrected chi connectivity index (χ2v) is 4.11. The molecule has 1 aromatic rings. The molecule has 0 saturated heterocycles. The summed E-state index contributed by atoms with van der Waals surface area (Å²) in [4.78, 5) is 0. The van der Waals surface area contributed by atoms with Gasteiger partial charge in [-0.2, -0.15) is 0 Å². The molecule has 1 aromatic carbocycles. The van der Waals surface area contributed by atoms with Crippen molar-refractivity contribution in [1.82, 2.24) is 0 Å². The van der Waals surface area contributed by atoms with E-state index in [0.717, 1.165) is 16.7 Å². The molecule has 0 aliphatic carbocycles. The van der Waals surface area contributed by atoms with E-state index in [-0.39, 0.29) is 0 Å². The molecule has 0 aliphatic rings. The summed E-state index contributed by atoms with van der Waals surface area (Å²) in [7, 11) is 0. The van der Waals surface area contributed by atoms with E-state index in [2.05, 4.69) is 22.5 Å². The lowest BCUT2D eigenvalue weighted by molar-refractivity contribution is 0.361. The molecule has 0 radical (unpaired) electrons. The lowest BCUT2D eigenvalue weighted by Crippen LogP contribution is -2.02. The molecule has 76 valence electrons. The van der Waals surface area contributed by atoms with Gasteiger partial charge in [-0.25, -0.2) is 0 Å². The number of hydrogen-bond donors (Lipinski definition) is 1. The molecule has 2 nitrogen and oxygen atoms in total. The number of nitrogens with two attached hydrogens (primary N) is 1. The summed E-state index contributed by atoms with van der Waals surface area (Å²) in [5.41, 5.74) is 6.68. The molecule has 0 amide bonds. The molecule has 1 rings (SSSR count). The van der Waals surface area contributed by atoms with Crippen LogP contribution in [-0.2, 0) is 6.42 Å². The first-order valence-corrected chi connectivity index (χ1v) is 5.27. The van der Waals surface area contributed by atoms with Gasteiger partial charge in [0.25, 0.3) is 0 Å². The molecule has 0 heterocycles. The van der Waals surface area contributed by atoms with E-state index >= 15 is 0 Å². The zero-order valence-corrected chi connectivity index (χ0v) is 9.59. The largest absolute Gasteiger partial charge is 0.488 e. The van der Waals surface area contributed by atoms with Crippen molar-refractivity contribution in [2.75, 3.05) is 13.2 Å². The van der Waals surface area contributed by atoms with Gasteiger partial charge < -0.3 is 10.5 Å². The third-order valence-corrected chi connectivity index (χ3v) is 1.98. The molecule has 0 bridgehead atoms. The van der Waals surface area contributed by atoms with Gasteiger partial charge in [0.05, 0.1) is 0 Å². The van der Waals surface area contributed by atoms with Crippen molar-refractivity contribution in [2.45, 2.75) is 6.42 Å². The number of rotatable bonds is 5. The number of ether oxygens (including phenoxy) is 1. The second kappa shape index (κ2) is 5.83. The van der Waals surface area contributed by atoms with Crippen molar-refractivity contribution in [3.63, 3.8) is 0 Å². The number of halogens is 1. The minimum absolute atomic E-state index is 0.496. The maximum absolute atomic E-state index is 5.45. The summed E-state index contributed by atoms with van der Waals surface area (Å²) < 4.78 is 6.26. The van der Waals surface area contributed by atoms with Crippen LogP contribution < -0.4 is 10.5 Å². The van der Waals surface area contributed by atoms with E-state index in [0.29, 0.717) is 13.2 Å². The maximum Gasteiger partial charge on any atom is 0.119 e. The predicted molar refractivity (Wildman–Crippen MR) is 62.8 cm³/mol. The zero-order valence-electron chi connectivity index (χ0n) is 8.00. The average molecular weight is 256 g/mol. The highest BCUT2D eigenvalue weighted by Crippen LogP contribution is 2.14. The lowest BCUT2D eigenvalue weighted by atomic mass is 10.1. The minimum Gasteiger partial charge on any atom is -0.488 e. The molecular weight excluding hydrogens is 242 g/mol. The van der Waals surface area contributed by atoms with Crippen LogP contribution in [0.1, 0.15) is 5.56 Å². The Morgan fingerprint density at radius 3 is 2.50 bits per heavy atom. The summed E-state index contributed by atoms with van der Waals surface area (Å²) >= 11 is 3.24. The number of hydrogen-bond acceptors (Lipinski definition) is 2. The van der Waals surface area contributed by atoms with Crippen LogP contribution in [-0.4, -0.2) is 13.2 Å². The van der Waals surface area contributed by atoms with Crippen LogP contribution in [0.5, 0.6) is 5.75 Å². The van der Waals surface area contributed by atoms with Gasteiger partial charge >= 0.3 is 0 Å². The Morgan fingerprint density at radius 2 is 2.00 bits per heavy atom. The molecule has 0 aliphatic heterocycles. The molecule has 0 saturated carbocycles. The smallest absolute Gasteiger partial charge is 0.119 e. The topological polar surface area (TPSA) is 35.2 Å². The van der Waals surface area contributed by atoms with E-state index in [4.69, 9.17) is 10.5 Å². The number of benzene rings is 1. The predicted octanol–water partition coefficient (Wildman–Crippen LogP) is 2.48. The Kier molecular flexibility index (Phi) is 4.70. The minimum atomic E-state index is 0.496. The summed E-state index contributed by atoms with van der Waals surface area (Å²) in [6.45, 7) is 4.87. The molecule has 14 heavy (non-hydrogen) atoms. The summed E-state index contributed by atoms with van der Waals surface area (Å²) in [6, 6.07) is 7.94. The Labute approximate surface area is 92.9 Å². The highest BCUT2D eigenvalue weighted by molar-refractivity contribution is 9.11. The van der Waals surface area contributed by atoms with Crippen LogP contribution in [0.4, 0.5) is 0 Å². The molecule has 0 aromatic heterocycles. The molecule has 0 unspecified atom stereocenters. The van der Waals surface area contributed by atoms with Crippen LogP contribution in [0.15, 0.2) is 35.3 Å². The Hall–Kier alpha value is -0.800. The second-order valence-electron chi connectivity index (χ2n) is 2.99. The monoisotopic (exact) mass is 255 g/mol. The normalized spacial score (nSPS) is 9.86. The maximum atomic E-state index is 5.45. The fourth-order valence-electron chi connectivity index (χ4n) is 1.08. The highest BCUT2D eigenvalue weighted by Gasteiger charge is 1.95. The zero-order chi connectivity index (χ0) is 10.4. The van der Waals surface area contributed by atoms with Gasteiger partial charge in [-0.3, -0.25) is 0 Å². The Balaban J connectivity index is 2.50. The molecule has 2 N–H and O–H groups in total. The molecule has 0 spiro atoms. The van der Waals surface area contributed by atoms with Gasteiger partial charge in [-0.1, -0.05) is 34.6 Å². The molecule has 0 atom stereocenters. The van der Waals surface area contributed by atoms with E-state index in [9.17, 15) is 0 Å². The fraction of sp³-hybridized carbons (Fsp3) is 0.273. The van der Waals surface area contributed by atoms with Crippen molar-refractivity contribution in [1.29, 1.82) is 0 Å². The van der Waals surface area contributed by atoms with Crippen LogP contribution in [0.2, 0.25) is 0 Å². The van der Waals surface area contributed by atoms with Crippen LogP contribution in [0.25, 0.3) is 0 Å². The van der Waals surface area contributed by atoms with E-state index in [1.54, 1.807) is 0 Å². The molecular formula is C11H14BrNO. The first-order valence-electron chi connectivity index (χ1n) is 4.47. The van der Waals surface area contributed by atoms with Gasteiger partial charge in [0, 0.05) is 4.48 Å². The van der Waals surface area contributed by atoms with Crippen molar-refractivity contribution in [2.24, 2.45) is 5.73 Å². The van der Waals surface area contributed by atoms with Gasteiger partial charge in [-0.15, -0.1) is 0 Å². The van der Waals surface area contributed by atoms with Crippen LogP contribution >= 0.6 is 15.9 Å². The van der Waals surface area contributed by atoms with E-state index < -0.39 is 0 Å². The van der Waals surface area contributed by atoms with Gasteiger partial charge in [0.2, 0.25) is 0 Å². The van der Waals surface area contributed by atoms with Crippen molar-refractivity contribution in [3.8, 4) is 5.75 Å². The van der Waals surface area contributed by atoms with Crippen LogP contribution in [0, 0.1) is 0 Å². The average Bonchev–Trinajstić information content (AvgIpc) is 2.17.